The number of amides is 2. The molecule has 2 N–H and O–H groups in total. The number of anilines is 1. The molecule has 0 saturated heterocycles. The highest BCUT2D eigenvalue weighted by atomic mass is 35.5. The molecule has 37 heavy (non-hydrogen) atoms. The molecule has 3 atom stereocenters. The third-order valence-corrected chi connectivity index (χ3v) is 8.93. The Morgan fingerprint density at radius 2 is 1.92 bits per heavy atom. The van der Waals surface area contributed by atoms with Crippen molar-refractivity contribution in [2.45, 2.75) is 43.7 Å². The summed E-state index contributed by atoms with van der Waals surface area (Å²) in [5.41, 5.74) is 0.728. The van der Waals surface area contributed by atoms with Crippen LogP contribution in [0.4, 0.5) is 5.69 Å². The minimum Gasteiger partial charge on any atom is -0.488 e. The molecule has 0 radical (unpaired) electrons. The number of benzene rings is 2. The molecule has 1 heterocycles. The van der Waals surface area contributed by atoms with Crippen molar-refractivity contribution < 1.29 is 27.9 Å². The van der Waals surface area contributed by atoms with Crippen LogP contribution in [0.15, 0.2) is 47.4 Å². The highest BCUT2D eigenvalue weighted by Gasteiger charge is 2.36. The van der Waals surface area contributed by atoms with Gasteiger partial charge < -0.3 is 20.1 Å². The summed E-state index contributed by atoms with van der Waals surface area (Å²) in [7, 11) is -2.34. The Balaban J connectivity index is 1.64. The summed E-state index contributed by atoms with van der Waals surface area (Å²) in [5.74, 6) is -0.378. The van der Waals surface area contributed by atoms with Gasteiger partial charge in [0.25, 0.3) is 5.91 Å². The van der Waals surface area contributed by atoms with E-state index in [1.165, 1.54) is 35.6 Å². The minimum atomic E-state index is -3.82. The average molecular weight is 550 g/mol. The van der Waals surface area contributed by atoms with E-state index in [0.717, 1.165) is 12.8 Å². The van der Waals surface area contributed by atoms with Crippen LogP contribution in [0.2, 0.25) is 5.02 Å². The van der Waals surface area contributed by atoms with Crippen LogP contribution in [0.1, 0.15) is 37.0 Å². The van der Waals surface area contributed by atoms with Crippen LogP contribution >= 0.6 is 11.6 Å². The Morgan fingerprint density at radius 3 is 2.54 bits per heavy atom. The molecule has 9 nitrogen and oxygen atoms in total. The number of rotatable bonds is 8. The molecule has 11 heteroatoms. The first-order valence-corrected chi connectivity index (χ1v) is 14.1. The second-order valence-electron chi connectivity index (χ2n) is 9.84. The first-order chi connectivity index (χ1) is 17.5. The van der Waals surface area contributed by atoms with Crippen molar-refractivity contribution in [3.8, 4) is 5.75 Å². The van der Waals surface area contributed by atoms with Crippen LogP contribution in [0.5, 0.6) is 5.75 Å². The molecule has 2 aliphatic rings. The molecule has 0 bridgehead atoms. The van der Waals surface area contributed by atoms with Crippen LogP contribution < -0.4 is 10.1 Å². The lowest BCUT2D eigenvalue weighted by Gasteiger charge is -2.38. The third kappa shape index (κ3) is 6.09. The predicted molar refractivity (Wildman–Crippen MR) is 140 cm³/mol. The van der Waals surface area contributed by atoms with Crippen molar-refractivity contribution in [3.63, 3.8) is 0 Å². The summed E-state index contributed by atoms with van der Waals surface area (Å²) in [4.78, 5) is 27.5. The summed E-state index contributed by atoms with van der Waals surface area (Å²) in [6.45, 7) is 3.67. The number of aliphatic hydroxyl groups excluding tert-OH is 1. The molecule has 1 fully saturated rings. The fraction of sp³-hybridized carbons (Fsp3) is 0.462. The second kappa shape index (κ2) is 11.0. The van der Waals surface area contributed by atoms with Gasteiger partial charge in [-0.15, -0.1) is 0 Å². The van der Waals surface area contributed by atoms with E-state index in [-0.39, 0.29) is 53.8 Å². The quantitative estimate of drug-likeness (QED) is 0.522. The summed E-state index contributed by atoms with van der Waals surface area (Å²) in [6, 6.07) is 10.3. The molecule has 1 aliphatic carbocycles. The van der Waals surface area contributed by atoms with Crippen LogP contribution in [-0.4, -0.2) is 73.4 Å². The number of carbonyl (C=O) groups is 2. The molecule has 0 aromatic heterocycles. The number of sulfonamides is 1. The van der Waals surface area contributed by atoms with E-state index < -0.39 is 22.2 Å². The first kappa shape index (κ1) is 27.4. The van der Waals surface area contributed by atoms with Gasteiger partial charge >= 0.3 is 0 Å². The number of nitrogens with zero attached hydrogens (tertiary/aromatic N) is 2. The molecule has 0 unspecified atom stereocenters. The molecule has 0 spiro atoms. The average Bonchev–Trinajstić information content (AvgIpc) is 3.72. The number of aliphatic hydroxyl groups is 1. The van der Waals surface area contributed by atoms with E-state index in [1.807, 2.05) is 6.92 Å². The van der Waals surface area contributed by atoms with Crippen molar-refractivity contribution >= 4 is 39.1 Å². The number of fused-ring (bicyclic) bond motifs is 1. The molecule has 200 valence electrons. The lowest BCUT2D eigenvalue weighted by atomic mass is 9.99. The van der Waals surface area contributed by atoms with E-state index in [2.05, 4.69) is 5.32 Å². The van der Waals surface area contributed by atoms with Gasteiger partial charge in [-0.2, -0.15) is 4.31 Å². The number of hydrogen-bond donors (Lipinski definition) is 2. The Bertz CT molecular complexity index is 1270. The molecular weight excluding hydrogens is 518 g/mol. The number of ether oxygens (including phenoxy) is 1. The van der Waals surface area contributed by atoms with Gasteiger partial charge in [0.15, 0.2) is 0 Å². The number of nitrogens with one attached hydrogen (secondary N) is 1. The smallest absolute Gasteiger partial charge is 0.258 e. The maximum atomic E-state index is 13.5. The van der Waals surface area contributed by atoms with E-state index in [4.69, 9.17) is 16.3 Å². The van der Waals surface area contributed by atoms with Crippen molar-refractivity contribution in [1.82, 2.24) is 9.21 Å². The van der Waals surface area contributed by atoms with Gasteiger partial charge in [0, 0.05) is 36.1 Å². The Labute approximate surface area is 222 Å². The molecule has 2 aromatic rings. The Kier molecular flexibility index (Phi) is 8.13. The fourth-order valence-electron chi connectivity index (χ4n) is 4.25. The molecule has 2 amide bonds. The van der Waals surface area contributed by atoms with E-state index in [9.17, 15) is 23.1 Å². The topological polar surface area (TPSA) is 116 Å². The zero-order chi connectivity index (χ0) is 26.9. The predicted octanol–water partition coefficient (Wildman–Crippen LogP) is 3.23. The SMILES string of the molecule is C[C@H]1CN([C@@H](C)CO)C(=O)c2cc(NC(=O)C3CC3)ccc2O[C@@H]1CN(C)S(=O)(=O)c1ccc(Cl)cc1. The van der Waals surface area contributed by atoms with Crippen molar-refractivity contribution in [2.24, 2.45) is 11.8 Å². The Hall–Kier alpha value is -2.66. The van der Waals surface area contributed by atoms with E-state index >= 15 is 0 Å². The lowest BCUT2D eigenvalue weighted by molar-refractivity contribution is -0.117. The number of hydrogen-bond acceptors (Lipinski definition) is 6. The summed E-state index contributed by atoms with van der Waals surface area (Å²) in [5, 5.41) is 13.1. The van der Waals surface area contributed by atoms with Gasteiger partial charge in [0.05, 0.1) is 29.7 Å². The first-order valence-electron chi connectivity index (χ1n) is 12.3. The molecule has 1 saturated carbocycles. The lowest BCUT2D eigenvalue weighted by Crippen LogP contribution is -2.50. The minimum absolute atomic E-state index is 0.00299. The Morgan fingerprint density at radius 1 is 1.24 bits per heavy atom. The third-order valence-electron chi connectivity index (χ3n) is 6.84. The van der Waals surface area contributed by atoms with Crippen molar-refractivity contribution in [1.29, 1.82) is 0 Å². The van der Waals surface area contributed by atoms with Crippen molar-refractivity contribution in [2.75, 3.05) is 32.1 Å². The summed E-state index contributed by atoms with van der Waals surface area (Å²) < 4.78 is 33.9. The largest absolute Gasteiger partial charge is 0.488 e. The van der Waals surface area contributed by atoms with Crippen LogP contribution in [0.25, 0.3) is 0 Å². The zero-order valence-corrected chi connectivity index (χ0v) is 22.6. The van der Waals surface area contributed by atoms with Gasteiger partial charge in [-0.05, 0) is 62.2 Å². The van der Waals surface area contributed by atoms with Gasteiger partial charge in [-0.3, -0.25) is 9.59 Å². The highest BCUT2D eigenvalue weighted by molar-refractivity contribution is 7.89. The second-order valence-corrected chi connectivity index (χ2v) is 12.3. The summed E-state index contributed by atoms with van der Waals surface area (Å²) in [6.07, 6.45) is 1.11. The molecule has 1 aliphatic heterocycles. The fourth-order valence-corrected chi connectivity index (χ4v) is 5.56. The molecular formula is C26H32ClN3O6S. The van der Waals surface area contributed by atoms with Crippen LogP contribution in [-0.2, 0) is 14.8 Å². The van der Waals surface area contributed by atoms with Gasteiger partial charge in [-0.1, -0.05) is 18.5 Å². The van der Waals surface area contributed by atoms with Crippen LogP contribution in [0, 0.1) is 11.8 Å². The van der Waals surface area contributed by atoms with Crippen molar-refractivity contribution in [3.05, 3.63) is 53.1 Å². The van der Waals surface area contributed by atoms with E-state index in [0.29, 0.717) is 16.5 Å². The molecule has 2 aromatic carbocycles. The van der Waals surface area contributed by atoms with Gasteiger partial charge in [0.1, 0.15) is 11.9 Å². The van der Waals surface area contributed by atoms with Crippen LogP contribution in [0.3, 0.4) is 0 Å². The van der Waals surface area contributed by atoms with E-state index in [1.54, 1.807) is 30.0 Å². The monoisotopic (exact) mass is 549 g/mol. The molecule has 4 rings (SSSR count). The number of likely N-dealkylation sites (N-methyl/N-ethyl adjacent to an activating group) is 1. The standard InChI is InChI=1S/C26H32ClN3O6S/c1-16-13-30(17(2)15-31)26(33)22-12-20(28-25(32)18-4-5-18)8-11-23(22)36-24(16)14-29(3)37(34,35)21-9-6-19(27)7-10-21/h6-12,16-18,24,31H,4-5,13-15H2,1-3H3,(H,28,32)/t16-,17-,24+/m0/s1. The maximum Gasteiger partial charge on any atom is 0.258 e. The number of halogens is 1. The maximum absolute atomic E-state index is 13.5. The number of carbonyl (C=O) groups excluding carboxylic acids is 2. The normalized spacial score (nSPS) is 21.0. The van der Waals surface area contributed by atoms with Gasteiger partial charge in [0.2, 0.25) is 15.9 Å². The summed E-state index contributed by atoms with van der Waals surface area (Å²) >= 11 is 5.92. The zero-order valence-electron chi connectivity index (χ0n) is 21.1. The van der Waals surface area contributed by atoms with Gasteiger partial charge in [-0.25, -0.2) is 8.42 Å². The highest BCUT2D eigenvalue weighted by Crippen LogP contribution is 2.33.